The second-order valence-corrected chi connectivity index (χ2v) is 6.16. The third-order valence-electron chi connectivity index (χ3n) is 3.79. The Labute approximate surface area is 148 Å². The van der Waals surface area contributed by atoms with Gasteiger partial charge in [0, 0.05) is 13.6 Å². The summed E-state index contributed by atoms with van der Waals surface area (Å²) in [6, 6.07) is 4.80. The number of aryl methyl sites for hydroxylation is 1. The minimum absolute atomic E-state index is 0.0148. The lowest BCUT2D eigenvalue weighted by atomic mass is 10.0. The summed E-state index contributed by atoms with van der Waals surface area (Å²) in [6.07, 6.45) is -3.00. The number of benzene rings is 1. The molecule has 1 aromatic heterocycles. The molecule has 2 aromatic rings. The lowest BCUT2D eigenvalue weighted by Crippen LogP contribution is -2.28. The van der Waals surface area contributed by atoms with Crippen molar-refractivity contribution in [3.63, 3.8) is 0 Å². The van der Waals surface area contributed by atoms with Crippen molar-refractivity contribution < 1.29 is 13.2 Å². The van der Waals surface area contributed by atoms with Gasteiger partial charge in [0.25, 0.3) is 5.56 Å². The summed E-state index contributed by atoms with van der Waals surface area (Å²) < 4.78 is 39.9. The quantitative estimate of drug-likeness (QED) is 0.873. The van der Waals surface area contributed by atoms with Crippen LogP contribution in [0.4, 0.5) is 18.9 Å². The van der Waals surface area contributed by atoms with Crippen LogP contribution in [0.2, 0.25) is 5.02 Å². The molecule has 0 spiro atoms. The fourth-order valence-electron chi connectivity index (χ4n) is 2.36. The summed E-state index contributed by atoms with van der Waals surface area (Å²) in [7, 11) is 5.00. The van der Waals surface area contributed by atoms with Crippen molar-refractivity contribution in [2.45, 2.75) is 12.2 Å². The summed E-state index contributed by atoms with van der Waals surface area (Å²) in [6.45, 7) is 0.253. The summed E-state index contributed by atoms with van der Waals surface area (Å²) in [5.74, 6) is 0. The van der Waals surface area contributed by atoms with Gasteiger partial charge in [0.2, 0.25) is 0 Å². The monoisotopic (exact) mass is 374 g/mol. The van der Waals surface area contributed by atoms with Crippen molar-refractivity contribution in [1.29, 1.82) is 0 Å². The van der Waals surface area contributed by atoms with Crippen LogP contribution in [0.15, 0.2) is 35.3 Å². The summed E-state index contributed by atoms with van der Waals surface area (Å²) in [5.41, 5.74) is -0.318. The molecule has 1 aromatic carbocycles. The van der Waals surface area contributed by atoms with E-state index in [1.165, 1.54) is 19.3 Å². The molecule has 9 heteroatoms. The Bertz CT molecular complexity index is 805. The van der Waals surface area contributed by atoms with E-state index in [1.54, 1.807) is 25.1 Å². The van der Waals surface area contributed by atoms with Crippen molar-refractivity contribution in [3.8, 4) is 0 Å². The number of halogens is 4. The number of nitrogens with one attached hydrogen (secondary N) is 1. The summed E-state index contributed by atoms with van der Waals surface area (Å²) >= 11 is 5.99. The third-order valence-corrected chi connectivity index (χ3v) is 4.15. The van der Waals surface area contributed by atoms with Crippen LogP contribution in [-0.4, -0.2) is 35.3 Å². The summed E-state index contributed by atoms with van der Waals surface area (Å²) in [4.78, 5) is 13.6. The maximum Gasteiger partial charge on any atom is 0.416 e. The Morgan fingerprint density at radius 3 is 2.64 bits per heavy atom. The van der Waals surface area contributed by atoms with E-state index >= 15 is 0 Å². The van der Waals surface area contributed by atoms with Gasteiger partial charge in [-0.05, 0) is 31.8 Å². The largest absolute Gasteiger partial charge is 0.416 e. The third kappa shape index (κ3) is 4.52. The van der Waals surface area contributed by atoms with E-state index in [-0.39, 0.29) is 17.6 Å². The van der Waals surface area contributed by atoms with Crippen molar-refractivity contribution in [2.75, 3.05) is 26.0 Å². The molecule has 0 radical (unpaired) electrons. The van der Waals surface area contributed by atoms with E-state index in [0.717, 1.165) is 16.8 Å². The fourth-order valence-corrected chi connectivity index (χ4v) is 2.60. The number of alkyl halides is 3. The zero-order chi connectivity index (χ0) is 18.8. The van der Waals surface area contributed by atoms with Crippen LogP contribution in [0.25, 0.3) is 0 Å². The van der Waals surface area contributed by atoms with Crippen LogP contribution in [-0.2, 0) is 13.2 Å². The van der Waals surface area contributed by atoms with E-state index in [0.29, 0.717) is 11.3 Å². The topological polar surface area (TPSA) is 50.2 Å². The molecule has 2 rings (SSSR count). The van der Waals surface area contributed by atoms with Gasteiger partial charge in [-0.1, -0.05) is 23.7 Å². The second kappa shape index (κ2) is 7.45. The smallest absolute Gasteiger partial charge is 0.380 e. The Kier molecular flexibility index (Phi) is 5.74. The lowest BCUT2D eigenvalue weighted by Gasteiger charge is -2.26. The molecule has 1 N–H and O–H groups in total. The molecule has 0 fully saturated rings. The molecule has 0 saturated carbocycles. The molecule has 136 valence electrons. The Morgan fingerprint density at radius 1 is 1.36 bits per heavy atom. The van der Waals surface area contributed by atoms with Crippen LogP contribution in [0.5, 0.6) is 0 Å². The predicted octanol–water partition coefficient (Wildman–Crippen LogP) is 3.17. The average Bonchev–Trinajstić information content (AvgIpc) is 2.54. The van der Waals surface area contributed by atoms with Gasteiger partial charge in [-0.3, -0.25) is 4.79 Å². The molecule has 5 nitrogen and oxygen atoms in total. The first-order valence-electron chi connectivity index (χ1n) is 7.40. The molecule has 0 aliphatic rings. The molecule has 1 unspecified atom stereocenters. The number of hydrogen-bond acceptors (Lipinski definition) is 4. The molecular weight excluding hydrogens is 357 g/mol. The Morgan fingerprint density at radius 2 is 2.04 bits per heavy atom. The first-order chi connectivity index (χ1) is 11.6. The highest BCUT2D eigenvalue weighted by Crippen LogP contribution is 2.31. The molecule has 0 bridgehead atoms. The van der Waals surface area contributed by atoms with E-state index < -0.39 is 17.3 Å². The van der Waals surface area contributed by atoms with Crippen molar-refractivity contribution >= 4 is 17.3 Å². The van der Waals surface area contributed by atoms with Gasteiger partial charge in [0.05, 0.1) is 23.5 Å². The first kappa shape index (κ1) is 19.3. The molecule has 0 aliphatic carbocycles. The minimum Gasteiger partial charge on any atom is -0.380 e. The van der Waals surface area contributed by atoms with Crippen molar-refractivity contribution in [2.24, 2.45) is 7.05 Å². The van der Waals surface area contributed by atoms with E-state index in [4.69, 9.17) is 11.6 Å². The van der Waals surface area contributed by atoms with Crippen molar-refractivity contribution in [3.05, 3.63) is 57.0 Å². The highest BCUT2D eigenvalue weighted by Gasteiger charge is 2.31. The van der Waals surface area contributed by atoms with Gasteiger partial charge < -0.3 is 10.2 Å². The SMILES string of the molecule is CN(C)C(CNc1cnn(C)c(=O)c1Cl)c1cccc(C(F)(F)F)c1. The zero-order valence-electron chi connectivity index (χ0n) is 13.9. The fraction of sp³-hybridized carbons (Fsp3) is 0.375. The molecule has 0 saturated heterocycles. The number of rotatable bonds is 5. The van der Waals surface area contributed by atoms with Gasteiger partial charge in [0.1, 0.15) is 5.02 Å². The first-order valence-corrected chi connectivity index (χ1v) is 7.78. The van der Waals surface area contributed by atoms with Gasteiger partial charge >= 0.3 is 6.18 Å². The van der Waals surface area contributed by atoms with Crippen LogP contribution in [0.1, 0.15) is 17.2 Å². The highest BCUT2D eigenvalue weighted by atomic mass is 35.5. The Balaban J connectivity index is 2.26. The maximum absolute atomic E-state index is 12.9. The van der Waals surface area contributed by atoms with Gasteiger partial charge in [-0.25, -0.2) is 4.68 Å². The lowest BCUT2D eigenvalue weighted by molar-refractivity contribution is -0.137. The molecule has 1 heterocycles. The molecule has 0 amide bonds. The van der Waals surface area contributed by atoms with Gasteiger partial charge in [-0.15, -0.1) is 0 Å². The zero-order valence-corrected chi connectivity index (χ0v) is 14.7. The molecular formula is C16H18ClF3N4O. The van der Waals surface area contributed by atoms with Crippen molar-refractivity contribution in [1.82, 2.24) is 14.7 Å². The number of hydrogen-bond donors (Lipinski definition) is 1. The van der Waals surface area contributed by atoms with E-state index in [2.05, 4.69) is 10.4 Å². The average molecular weight is 375 g/mol. The number of nitrogens with zero attached hydrogens (tertiary/aromatic N) is 3. The van der Waals surface area contributed by atoms with E-state index in [9.17, 15) is 18.0 Å². The Hall–Kier alpha value is -2.06. The van der Waals surface area contributed by atoms with Crippen LogP contribution >= 0.6 is 11.6 Å². The highest BCUT2D eigenvalue weighted by molar-refractivity contribution is 6.32. The molecule has 25 heavy (non-hydrogen) atoms. The number of anilines is 1. The second-order valence-electron chi connectivity index (χ2n) is 5.78. The standard InChI is InChI=1S/C16H18ClF3N4O/c1-23(2)13(10-5-4-6-11(7-10)16(18,19)20)9-21-12-8-22-24(3)15(25)14(12)17/h4-8,13,21H,9H2,1-3H3. The van der Waals surface area contributed by atoms with Crippen LogP contribution < -0.4 is 10.9 Å². The maximum atomic E-state index is 12.9. The molecule has 0 aliphatic heterocycles. The number of aromatic nitrogens is 2. The summed E-state index contributed by atoms with van der Waals surface area (Å²) in [5, 5.41) is 6.85. The van der Waals surface area contributed by atoms with Crippen LogP contribution in [0.3, 0.4) is 0 Å². The minimum atomic E-state index is -4.40. The molecule has 1 atom stereocenters. The van der Waals surface area contributed by atoms with Gasteiger partial charge in [0.15, 0.2) is 0 Å². The normalized spacial score (nSPS) is 13.1. The van der Waals surface area contributed by atoms with Crippen LogP contribution in [0, 0.1) is 0 Å². The van der Waals surface area contributed by atoms with Gasteiger partial charge in [-0.2, -0.15) is 18.3 Å². The predicted molar refractivity (Wildman–Crippen MR) is 90.8 cm³/mol. The number of likely N-dealkylation sites (N-methyl/N-ethyl adjacent to an activating group) is 1. The van der Waals surface area contributed by atoms with E-state index in [1.807, 2.05) is 0 Å².